The van der Waals surface area contributed by atoms with Crippen LogP contribution in [0.25, 0.3) is 17.5 Å². The second-order valence-electron chi connectivity index (χ2n) is 8.72. The number of benzene rings is 2. The molecule has 35 heavy (non-hydrogen) atoms. The molecule has 5 rings (SSSR count). The predicted octanol–water partition coefficient (Wildman–Crippen LogP) is 6.39. The van der Waals surface area contributed by atoms with Gasteiger partial charge in [-0.3, -0.25) is 4.90 Å². The first-order valence-electron chi connectivity index (χ1n) is 12.2. The van der Waals surface area contributed by atoms with Gasteiger partial charge >= 0.3 is 0 Å². The molecule has 0 saturated heterocycles. The molecular weight excluding hydrogens is 438 g/mol. The lowest BCUT2D eigenvalue weighted by atomic mass is 10.1. The quantitative estimate of drug-likeness (QED) is 0.255. The Bertz CT molecular complexity index is 1250. The molecule has 6 nitrogen and oxygen atoms in total. The Balaban J connectivity index is 1.40. The van der Waals surface area contributed by atoms with E-state index in [1.54, 1.807) is 6.26 Å². The van der Waals surface area contributed by atoms with Crippen molar-refractivity contribution in [3.8, 4) is 22.9 Å². The number of nitrogens with zero attached hydrogens (tertiary/aromatic N) is 3. The van der Waals surface area contributed by atoms with Crippen LogP contribution in [-0.2, 0) is 19.6 Å². The third kappa shape index (κ3) is 5.66. The molecule has 2 aromatic carbocycles. The van der Waals surface area contributed by atoms with E-state index in [1.807, 2.05) is 36.5 Å². The van der Waals surface area contributed by atoms with Crippen LogP contribution in [0.1, 0.15) is 36.8 Å². The fourth-order valence-electron chi connectivity index (χ4n) is 4.34. The average Bonchev–Trinajstić information content (AvgIpc) is 3.64. The number of aromatic nitrogens is 2. The number of imidazole rings is 1. The van der Waals surface area contributed by atoms with Gasteiger partial charge in [0.15, 0.2) is 11.5 Å². The summed E-state index contributed by atoms with van der Waals surface area (Å²) in [4.78, 5) is 7.24. The zero-order valence-corrected chi connectivity index (χ0v) is 20.1. The first-order valence-corrected chi connectivity index (χ1v) is 12.2. The van der Waals surface area contributed by atoms with Gasteiger partial charge in [-0.2, -0.15) is 0 Å². The molecule has 1 aliphatic heterocycles. The van der Waals surface area contributed by atoms with Crippen molar-refractivity contribution in [3.05, 3.63) is 96.2 Å². The molecule has 0 bridgehead atoms. The maximum Gasteiger partial charge on any atom is 0.231 e. The summed E-state index contributed by atoms with van der Waals surface area (Å²) < 4.78 is 18.9. The minimum Gasteiger partial charge on any atom is -0.465 e. The Labute approximate surface area is 206 Å². The number of hydrogen-bond donors (Lipinski definition) is 0. The van der Waals surface area contributed by atoms with Gasteiger partial charge in [-0.25, -0.2) is 4.98 Å². The highest BCUT2D eigenvalue weighted by atomic mass is 16.7. The zero-order valence-electron chi connectivity index (χ0n) is 20.1. The molecule has 0 N–H and O–H groups in total. The highest BCUT2D eigenvalue weighted by molar-refractivity contribution is 5.56. The van der Waals surface area contributed by atoms with E-state index < -0.39 is 0 Å². The molecule has 0 unspecified atom stereocenters. The second kappa shape index (κ2) is 11.1. The summed E-state index contributed by atoms with van der Waals surface area (Å²) in [5, 5.41) is 0. The monoisotopic (exact) mass is 469 g/mol. The number of rotatable bonds is 11. The van der Waals surface area contributed by atoms with Gasteiger partial charge in [-0.05, 0) is 42.3 Å². The van der Waals surface area contributed by atoms with Crippen LogP contribution in [0, 0.1) is 0 Å². The third-order valence-corrected chi connectivity index (χ3v) is 6.12. The number of fused-ring (bicyclic) bond motifs is 1. The average molecular weight is 470 g/mol. The van der Waals surface area contributed by atoms with Crippen molar-refractivity contribution in [2.75, 3.05) is 13.3 Å². The van der Waals surface area contributed by atoms with Gasteiger partial charge in [0.1, 0.15) is 11.6 Å². The van der Waals surface area contributed by atoms with Gasteiger partial charge < -0.3 is 18.5 Å². The Morgan fingerprint density at radius 3 is 2.71 bits per heavy atom. The highest BCUT2D eigenvalue weighted by Crippen LogP contribution is 2.33. The minimum atomic E-state index is 0.285. The van der Waals surface area contributed by atoms with E-state index in [2.05, 4.69) is 58.9 Å². The first kappa shape index (κ1) is 23.0. The van der Waals surface area contributed by atoms with Crippen molar-refractivity contribution < 1.29 is 13.9 Å². The minimum absolute atomic E-state index is 0.285. The van der Waals surface area contributed by atoms with Crippen LogP contribution >= 0.6 is 0 Å². The molecule has 0 saturated carbocycles. The third-order valence-electron chi connectivity index (χ3n) is 6.12. The summed E-state index contributed by atoms with van der Waals surface area (Å²) in [6, 6.07) is 20.5. The van der Waals surface area contributed by atoms with E-state index >= 15 is 0 Å². The lowest BCUT2D eigenvalue weighted by Gasteiger charge is -2.22. The van der Waals surface area contributed by atoms with Crippen molar-refractivity contribution in [1.82, 2.24) is 14.5 Å². The summed E-state index contributed by atoms with van der Waals surface area (Å²) in [7, 11) is 0. The largest absolute Gasteiger partial charge is 0.465 e. The molecule has 180 valence electrons. The van der Waals surface area contributed by atoms with Crippen molar-refractivity contribution in [2.45, 2.75) is 39.4 Å². The Morgan fingerprint density at radius 2 is 1.89 bits per heavy atom. The van der Waals surface area contributed by atoms with Gasteiger partial charge in [0.2, 0.25) is 6.79 Å². The van der Waals surface area contributed by atoms with Crippen molar-refractivity contribution in [2.24, 2.45) is 0 Å². The lowest BCUT2D eigenvalue weighted by Crippen LogP contribution is -2.24. The van der Waals surface area contributed by atoms with Gasteiger partial charge in [-0.1, -0.05) is 55.8 Å². The van der Waals surface area contributed by atoms with Crippen molar-refractivity contribution in [3.63, 3.8) is 0 Å². The topological polar surface area (TPSA) is 52.7 Å². The molecule has 6 heteroatoms. The van der Waals surface area contributed by atoms with Crippen LogP contribution in [0.3, 0.4) is 0 Å². The van der Waals surface area contributed by atoms with Crippen LogP contribution in [0.5, 0.6) is 11.5 Å². The molecule has 0 atom stereocenters. The number of unbranched alkanes of at least 4 members (excludes halogenated alkanes) is 1. The van der Waals surface area contributed by atoms with E-state index in [1.165, 1.54) is 11.3 Å². The van der Waals surface area contributed by atoms with E-state index in [0.717, 1.165) is 67.7 Å². The van der Waals surface area contributed by atoms with E-state index in [0.29, 0.717) is 0 Å². The first-order chi connectivity index (χ1) is 17.3. The zero-order chi connectivity index (χ0) is 23.9. The summed E-state index contributed by atoms with van der Waals surface area (Å²) in [6.45, 7) is 5.79. The fraction of sp³-hybridized carbons (Fsp3) is 0.276. The van der Waals surface area contributed by atoms with Gasteiger partial charge in [0.25, 0.3) is 0 Å². The number of ether oxygens (including phenoxy) is 2. The number of furan rings is 1. The molecule has 0 spiro atoms. The maximum absolute atomic E-state index is 5.60. The Morgan fingerprint density at radius 1 is 1.00 bits per heavy atom. The van der Waals surface area contributed by atoms with Crippen LogP contribution in [0.2, 0.25) is 0 Å². The van der Waals surface area contributed by atoms with Gasteiger partial charge in [-0.15, -0.1) is 0 Å². The Hall–Kier alpha value is -3.77. The summed E-state index contributed by atoms with van der Waals surface area (Å²) in [5.41, 5.74) is 3.54. The SMILES string of the molecule is CCCCn1c(CN(C/C=C\c2ccco2)Cc2ccc3c(c2)OCO3)cnc1-c1ccccc1. The Kier molecular flexibility index (Phi) is 7.29. The molecule has 0 radical (unpaired) electrons. The molecule has 0 amide bonds. The molecule has 0 fully saturated rings. The van der Waals surface area contributed by atoms with Crippen LogP contribution < -0.4 is 9.47 Å². The number of hydrogen-bond acceptors (Lipinski definition) is 5. The molecule has 2 aromatic heterocycles. The molecule has 0 aliphatic carbocycles. The van der Waals surface area contributed by atoms with E-state index in [4.69, 9.17) is 18.9 Å². The highest BCUT2D eigenvalue weighted by Gasteiger charge is 2.17. The lowest BCUT2D eigenvalue weighted by molar-refractivity contribution is 0.174. The smallest absolute Gasteiger partial charge is 0.231 e. The molecule has 4 aromatic rings. The second-order valence-corrected chi connectivity index (χ2v) is 8.72. The summed E-state index contributed by atoms with van der Waals surface area (Å²) >= 11 is 0. The standard InChI is InChI=1S/C29H31N3O3/c1-2-3-16-32-25(19-30-29(32)24-9-5-4-6-10-24)21-31(15-7-11-26-12-8-17-33-26)20-23-13-14-27-28(18-23)35-22-34-27/h4-14,17-19H,2-3,15-16,20-22H2,1H3/b11-7-. The van der Waals surface area contributed by atoms with Crippen LogP contribution in [0.15, 0.2) is 83.6 Å². The van der Waals surface area contributed by atoms with E-state index in [-0.39, 0.29) is 6.79 Å². The predicted molar refractivity (Wildman–Crippen MR) is 137 cm³/mol. The van der Waals surface area contributed by atoms with Gasteiger partial charge in [0.05, 0.1) is 18.2 Å². The molecule has 3 heterocycles. The van der Waals surface area contributed by atoms with Crippen molar-refractivity contribution >= 4 is 6.08 Å². The molecular formula is C29H31N3O3. The van der Waals surface area contributed by atoms with Crippen LogP contribution in [-0.4, -0.2) is 27.8 Å². The summed E-state index contributed by atoms with van der Waals surface area (Å²) in [6.07, 6.45) is 10.2. The maximum atomic E-state index is 5.60. The van der Waals surface area contributed by atoms with Crippen molar-refractivity contribution in [1.29, 1.82) is 0 Å². The fourth-order valence-corrected chi connectivity index (χ4v) is 4.34. The summed E-state index contributed by atoms with van der Waals surface area (Å²) in [5.74, 6) is 3.51. The normalized spacial score (nSPS) is 12.7. The van der Waals surface area contributed by atoms with Gasteiger partial charge in [0, 0.05) is 31.7 Å². The van der Waals surface area contributed by atoms with Crippen LogP contribution in [0.4, 0.5) is 0 Å². The molecule has 1 aliphatic rings. The van der Waals surface area contributed by atoms with E-state index in [9.17, 15) is 0 Å².